The van der Waals surface area contributed by atoms with Crippen molar-refractivity contribution < 1.29 is 4.84 Å². The lowest BCUT2D eigenvalue weighted by Gasteiger charge is -2.39. The molecule has 80 valence electrons. The van der Waals surface area contributed by atoms with Crippen LogP contribution in [-0.4, -0.2) is 35.8 Å². The van der Waals surface area contributed by atoms with E-state index in [0.29, 0.717) is 5.92 Å². The summed E-state index contributed by atoms with van der Waals surface area (Å²) in [6.07, 6.45) is 2.54. The van der Waals surface area contributed by atoms with Gasteiger partial charge in [0.1, 0.15) is 5.60 Å². The summed E-state index contributed by atoms with van der Waals surface area (Å²) in [6, 6.07) is 0. The number of oxime groups is 1. The summed E-state index contributed by atoms with van der Waals surface area (Å²) in [5.41, 5.74) is 1.11. The van der Waals surface area contributed by atoms with Crippen molar-refractivity contribution in [3.63, 3.8) is 0 Å². The Hall–Kier alpha value is -0.570. The summed E-state index contributed by atoms with van der Waals surface area (Å²) in [5.74, 6) is 0.697. The van der Waals surface area contributed by atoms with Gasteiger partial charge in [-0.2, -0.15) is 0 Å². The van der Waals surface area contributed by atoms with E-state index in [2.05, 4.69) is 10.1 Å². The SMILES string of the molecule is CC(C)(C)O/N=C1\CN2CCC1CC2. The van der Waals surface area contributed by atoms with Gasteiger partial charge in [0, 0.05) is 12.5 Å². The Kier molecular flexibility index (Phi) is 2.52. The van der Waals surface area contributed by atoms with Crippen LogP contribution in [0.4, 0.5) is 0 Å². The molecule has 3 aliphatic heterocycles. The molecular weight excluding hydrogens is 176 g/mol. The van der Waals surface area contributed by atoms with E-state index in [-0.39, 0.29) is 5.60 Å². The monoisotopic (exact) mass is 196 g/mol. The highest BCUT2D eigenvalue weighted by Gasteiger charge is 2.31. The van der Waals surface area contributed by atoms with E-state index in [1.165, 1.54) is 31.6 Å². The fourth-order valence-electron chi connectivity index (χ4n) is 2.08. The molecule has 0 N–H and O–H groups in total. The topological polar surface area (TPSA) is 24.8 Å². The summed E-state index contributed by atoms with van der Waals surface area (Å²) in [4.78, 5) is 7.95. The molecule has 3 saturated heterocycles. The Morgan fingerprint density at radius 3 is 2.36 bits per heavy atom. The molecule has 3 heteroatoms. The normalized spacial score (nSPS) is 34.9. The van der Waals surface area contributed by atoms with Crippen molar-refractivity contribution in [3.8, 4) is 0 Å². The first-order chi connectivity index (χ1) is 6.54. The maximum atomic E-state index is 5.48. The van der Waals surface area contributed by atoms with Crippen LogP contribution in [0.3, 0.4) is 0 Å². The number of nitrogens with zero attached hydrogens (tertiary/aromatic N) is 2. The molecule has 0 aromatic carbocycles. The summed E-state index contributed by atoms with van der Waals surface area (Å²) in [6.45, 7) is 9.65. The molecule has 0 saturated carbocycles. The Morgan fingerprint density at radius 1 is 1.29 bits per heavy atom. The standard InChI is InChI=1S/C11H20N2O/c1-11(2,3)14-12-10-8-13-6-4-9(10)5-7-13/h9H,4-8H2,1-3H3/b12-10+. The first kappa shape index (κ1) is 9.97. The molecule has 0 aromatic heterocycles. The second-order valence-corrected chi connectivity index (χ2v) is 5.34. The summed E-state index contributed by atoms with van der Waals surface area (Å²) < 4.78 is 0. The van der Waals surface area contributed by atoms with E-state index >= 15 is 0 Å². The van der Waals surface area contributed by atoms with Crippen LogP contribution < -0.4 is 0 Å². The second kappa shape index (κ2) is 3.54. The Morgan fingerprint density at radius 2 is 1.93 bits per heavy atom. The average Bonchev–Trinajstić information content (AvgIpc) is 2.16. The van der Waals surface area contributed by atoms with E-state index < -0.39 is 0 Å². The third-order valence-electron chi connectivity index (χ3n) is 2.88. The van der Waals surface area contributed by atoms with Crippen molar-refractivity contribution in [3.05, 3.63) is 0 Å². The molecule has 0 amide bonds. The van der Waals surface area contributed by atoms with Gasteiger partial charge in [-0.3, -0.25) is 4.90 Å². The van der Waals surface area contributed by atoms with Gasteiger partial charge in [-0.15, -0.1) is 0 Å². The Labute approximate surface area is 86.1 Å². The van der Waals surface area contributed by atoms with E-state index in [0.717, 1.165) is 6.54 Å². The fourth-order valence-corrected chi connectivity index (χ4v) is 2.08. The van der Waals surface area contributed by atoms with Crippen molar-refractivity contribution in [2.24, 2.45) is 11.1 Å². The van der Waals surface area contributed by atoms with Gasteiger partial charge in [0.15, 0.2) is 0 Å². The van der Waals surface area contributed by atoms with Crippen LogP contribution in [0.15, 0.2) is 5.16 Å². The lowest BCUT2D eigenvalue weighted by atomic mass is 9.87. The van der Waals surface area contributed by atoms with E-state index in [9.17, 15) is 0 Å². The van der Waals surface area contributed by atoms with Crippen molar-refractivity contribution in [1.29, 1.82) is 0 Å². The first-order valence-electron chi connectivity index (χ1n) is 5.52. The van der Waals surface area contributed by atoms with Crippen LogP contribution in [0.25, 0.3) is 0 Å². The minimum atomic E-state index is -0.154. The van der Waals surface area contributed by atoms with Gasteiger partial charge < -0.3 is 4.84 Å². The van der Waals surface area contributed by atoms with Gasteiger partial charge in [0.25, 0.3) is 0 Å². The molecule has 0 aliphatic carbocycles. The second-order valence-electron chi connectivity index (χ2n) is 5.34. The van der Waals surface area contributed by atoms with Crippen molar-refractivity contribution in [2.45, 2.75) is 39.2 Å². The molecular formula is C11H20N2O. The van der Waals surface area contributed by atoms with E-state index in [4.69, 9.17) is 4.84 Å². The zero-order valence-electron chi connectivity index (χ0n) is 9.42. The van der Waals surface area contributed by atoms with Gasteiger partial charge in [0.2, 0.25) is 0 Å². The first-order valence-corrected chi connectivity index (χ1v) is 5.52. The predicted molar refractivity (Wildman–Crippen MR) is 57.4 cm³/mol. The van der Waals surface area contributed by atoms with Gasteiger partial charge in [-0.25, -0.2) is 0 Å². The van der Waals surface area contributed by atoms with Crippen LogP contribution in [0, 0.1) is 5.92 Å². The molecule has 3 fully saturated rings. The van der Waals surface area contributed by atoms with Crippen molar-refractivity contribution in [2.75, 3.05) is 19.6 Å². The third kappa shape index (κ3) is 2.27. The Bertz CT molecular complexity index is 234. The van der Waals surface area contributed by atoms with Crippen LogP contribution in [0.2, 0.25) is 0 Å². The summed E-state index contributed by atoms with van der Waals surface area (Å²) in [7, 11) is 0. The molecule has 3 rings (SSSR count). The van der Waals surface area contributed by atoms with E-state index in [1.54, 1.807) is 0 Å². The highest BCUT2D eigenvalue weighted by atomic mass is 16.6. The molecule has 0 unspecified atom stereocenters. The van der Waals surface area contributed by atoms with Gasteiger partial charge in [0.05, 0.1) is 5.71 Å². The smallest absolute Gasteiger partial charge is 0.129 e. The molecule has 14 heavy (non-hydrogen) atoms. The van der Waals surface area contributed by atoms with Gasteiger partial charge >= 0.3 is 0 Å². The number of piperidine rings is 3. The zero-order chi connectivity index (χ0) is 10.2. The average molecular weight is 196 g/mol. The summed E-state index contributed by atoms with van der Waals surface area (Å²) in [5, 5.41) is 4.31. The van der Waals surface area contributed by atoms with Crippen LogP contribution in [0.1, 0.15) is 33.6 Å². The minimum absolute atomic E-state index is 0.154. The molecule has 3 aliphatic rings. The quantitative estimate of drug-likeness (QED) is 0.598. The third-order valence-corrected chi connectivity index (χ3v) is 2.88. The largest absolute Gasteiger partial charge is 0.390 e. The maximum Gasteiger partial charge on any atom is 0.129 e. The molecule has 0 spiro atoms. The van der Waals surface area contributed by atoms with Crippen LogP contribution >= 0.6 is 0 Å². The van der Waals surface area contributed by atoms with Gasteiger partial charge in [-0.1, -0.05) is 5.16 Å². The van der Waals surface area contributed by atoms with Gasteiger partial charge in [-0.05, 0) is 46.7 Å². The molecule has 3 heterocycles. The molecule has 0 aromatic rings. The molecule has 0 radical (unpaired) electrons. The zero-order valence-corrected chi connectivity index (χ0v) is 9.42. The fraction of sp³-hybridized carbons (Fsp3) is 0.909. The molecule has 2 bridgehead atoms. The number of hydrogen-bond donors (Lipinski definition) is 0. The number of hydrogen-bond acceptors (Lipinski definition) is 3. The lowest BCUT2D eigenvalue weighted by Crippen LogP contribution is -2.48. The van der Waals surface area contributed by atoms with Crippen molar-refractivity contribution >= 4 is 5.71 Å². The van der Waals surface area contributed by atoms with Crippen LogP contribution in [0.5, 0.6) is 0 Å². The molecule has 3 nitrogen and oxygen atoms in total. The Balaban J connectivity index is 1.98. The highest BCUT2D eigenvalue weighted by molar-refractivity contribution is 5.89. The highest BCUT2D eigenvalue weighted by Crippen LogP contribution is 2.25. The number of rotatable bonds is 1. The van der Waals surface area contributed by atoms with E-state index in [1.807, 2.05) is 20.8 Å². The lowest BCUT2D eigenvalue weighted by molar-refractivity contribution is -0.00237. The van der Waals surface area contributed by atoms with Crippen molar-refractivity contribution in [1.82, 2.24) is 4.90 Å². The molecule has 0 atom stereocenters. The minimum Gasteiger partial charge on any atom is -0.390 e. The number of fused-ring (bicyclic) bond motifs is 3. The summed E-state index contributed by atoms with van der Waals surface area (Å²) >= 11 is 0. The maximum absolute atomic E-state index is 5.48. The predicted octanol–water partition coefficient (Wildman–Crippen LogP) is 1.88. The van der Waals surface area contributed by atoms with Crippen LogP contribution in [-0.2, 0) is 4.84 Å².